The van der Waals surface area contributed by atoms with E-state index in [9.17, 15) is 9.90 Å². The molecule has 3 rings (SSSR count). The Bertz CT molecular complexity index is 840. The maximum atomic E-state index is 11.9. The van der Waals surface area contributed by atoms with Crippen LogP contribution in [0.2, 0.25) is 0 Å². The number of aromatic nitrogens is 2. The Morgan fingerprint density at radius 2 is 2.00 bits per heavy atom. The van der Waals surface area contributed by atoms with Gasteiger partial charge in [-0.25, -0.2) is 4.79 Å². The van der Waals surface area contributed by atoms with Crippen molar-refractivity contribution >= 4 is 5.97 Å². The number of phenolic OH excluding ortho intramolecular Hbond substituents is 1. The van der Waals surface area contributed by atoms with Crippen molar-refractivity contribution in [3.8, 4) is 17.1 Å². The fourth-order valence-electron chi connectivity index (χ4n) is 2.16. The van der Waals surface area contributed by atoms with Gasteiger partial charge in [-0.1, -0.05) is 42.4 Å². The highest BCUT2D eigenvalue weighted by atomic mass is 16.6. The molecule has 0 saturated heterocycles. The van der Waals surface area contributed by atoms with Crippen LogP contribution in [0.3, 0.4) is 0 Å². The molecule has 1 N–H and O–H groups in total. The van der Waals surface area contributed by atoms with Crippen molar-refractivity contribution < 1.29 is 19.2 Å². The topological polar surface area (TPSA) is 85.5 Å². The number of rotatable bonds is 5. The molecule has 1 heterocycles. The van der Waals surface area contributed by atoms with Crippen molar-refractivity contribution in [2.75, 3.05) is 0 Å². The molecule has 0 aliphatic rings. The summed E-state index contributed by atoms with van der Waals surface area (Å²) in [5.41, 5.74) is 2.31. The molecule has 2 aromatic carbocycles. The lowest BCUT2D eigenvalue weighted by Crippen LogP contribution is -2.05. The molecule has 0 radical (unpaired) electrons. The Labute approximate surface area is 138 Å². The molecule has 0 atom stereocenters. The van der Waals surface area contributed by atoms with Crippen LogP contribution >= 0.6 is 0 Å². The van der Waals surface area contributed by atoms with Gasteiger partial charge in [0.25, 0.3) is 5.89 Å². The summed E-state index contributed by atoms with van der Waals surface area (Å²) in [6.07, 6.45) is 0.961. The van der Waals surface area contributed by atoms with Crippen molar-refractivity contribution in [2.24, 2.45) is 0 Å². The average molecular weight is 324 g/mol. The number of aromatic hydroxyl groups is 1. The van der Waals surface area contributed by atoms with E-state index in [1.165, 1.54) is 17.7 Å². The summed E-state index contributed by atoms with van der Waals surface area (Å²) >= 11 is 0. The number of nitrogens with zero attached hydrogens (tertiary/aromatic N) is 2. The first-order valence-electron chi connectivity index (χ1n) is 7.53. The second-order valence-corrected chi connectivity index (χ2v) is 5.19. The number of hydrogen-bond acceptors (Lipinski definition) is 6. The molecule has 0 amide bonds. The molecule has 0 fully saturated rings. The fourth-order valence-corrected chi connectivity index (χ4v) is 2.16. The monoisotopic (exact) mass is 324 g/mol. The van der Waals surface area contributed by atoms with Crippen LogP contribution in [0, 0.1) is 0 Å². The highest BCUT2D eigenvalue weighted by Gasteiger charge is 2.13. The third-order valence-electron chi connectivity index (χ3n) is 3.50. The maximum Gasteiger partial charge on any atom is 0.338 e. The Balaban J connectivity index is 1.64. The van der Waals surface area contributed by atoms with Gasteiger partial charge in [0, 0.05) is 5.56 Å². The molecule has 1 aromatic heterocycles. The molecule has 0 saturated carbocycles. The molecular weight excluding hydrogens is 308 g/mol. The third-order valence-corrected chi connectivity index (χ3v) is 3.50. The zero-order valence-corrected chi connectivity index (χ0v) is 13.1. The Hall–Kier alpha value is -3.15. The third kappa shape index (κ3) is 3.60. The highest BCUT2D eigenvalue weighted by molar-refractivity contribution is 5.89. The quantitative estimate of drug-likeness (QED) is 0.724. The number of carbonyl (C=O) groups is 1. The zero-order chi connectivity index (χ0) is 16.9. The van der Waals surface area contributed by atoms with Gasteiger partial charge < -0.3 is 14.4 Å². The molecule has 0 aliphatic carbocycles. The summed E-state index contributed by atoms with van der Waals surface area (Å²) in [5, 5.41) is 13.3. The van der Waals surface area contributed by atoms with Gasteiger partial charge in [0.15, 0.2) is 6.61 Å². The predicted molar refractivity (Wildman–Crippen MR) is 86.3 cm³/mol. The summed E-state index contributed by atoms with van der Waals surface area (Å²) in [6, 6.07) is 13.8. The van der Waals surface area contributed by atoms with Gasteiger partial charge in [-0.15, -0.1) is 0 Å². The first-order chi connectivity index (χ1) is 11.7. The molecule has 24 heavy (non-hydrogen) atoms. The van der Waals surface area contributed by atoms with E-state index in [0.717, 1.165) is 12.0 Å². The van der Waals surface area contributed by atoms with E-state index >= 15 is 0 Å². The molecule has 3 aromatic rings. The molecule has 6 heteroatoms. The van der Waals surface area contributed by atoms with E-state index in [1.807, 2.05) is 24.3 Å². The first-order valence-corrected chi connectivity index (χ1v) is 7.53. The van der Waals surface area contributed by atoms with Crippen LogP contribution in [0.1, 0.15) is 28.7 Å². The summed E-state index contributed by atoms with van der Waals surface area (Å²) in [6.45, 7) is 1.96. The van der Waals surface area contributed by atoms with Crippen molar-refractivity contribution in [3.05, 3.63) is 65.5 Å². The van der Waals surface area contributed by atoms with Crippen LogP contribution in [-0.2, 0) is 17.8 Å². The van der Waals surface area contributed by atoms with E-state index in [-0.39, 0.29) is 23.8 Å². The lowest BCUT2D eigenvalue weighted by atomic mass is 10.1. The second kappa shape index (κ2) is 6.95. The normalized spacial score (nSPS) is 10.5. The largest absolute Gasteiger partial charge is 0.508 e. The van der Waals surface area contributed by atoms with Crippen LogP contribution in [0.5, 0.6) is 5.75 Å². The minimum atomic E-state index is -0.571. The Morgan fingerprint density at radius 1 is 1.21 bits per heavy atom. The standard InChI is InChI=1S/C18H16N2O4/c1-2-12-6-8-13(9-7-12)17-19-16(24-20-17)11-23-18(22)14-4-3-5-15(21)10-14/h3-10,21H,2,11H2,1H3. The van der Waals surface area contributed by atoms with Crippen LogP contribution in [0.15, 0.2) is 53.1 Å². The number of ether oxygens (including phenoxy) is 1. The molecule has 0 spiro atoms. The van der Waals surface area contributed by atoms with Crippen molar-refractivity contribution in [1.29, 1.82) is 0 Å². The smallest absolute Gasteiger partial charge is 0.338 e. The van der Waals surface area contributed by atoms with Gasteiger partial charge >= 0.3 is 5.97 Å². The van der Waals surface area contributed by atoms with Crippen molar-refractivity contribution in [1.82, 2.24) is 10.1 Å². The predicted octanol–water partition coefficient (Wildman–Crippen LogP) is 3.36. The average Bonchev–Trinajstić information content (AvgIpc) is 3.09. The maximum absolute atomic E-state index is 11.9. The summed E-state index contributed by atoms with van der Waals surface area (Å²) < 4.78 is 10.2. The van der Waals surface area contributed by atoms with Crippen LogP contribution in [0.25, 0.3) is 11.4 Å². The van der Waals surface area contributed by atoms with Crippen LogP contribution < -0.4 is 0 Å². The summed E-state index contributed by atoms with van der Waals surface area (Å²) in [5.74, 6) is 0.0807. The number of esters is 1. The Kier molecular flexibility index (Phi) is 4.56. The molecule has 0 bridgehead atoms. The van der Waals surface area contributed by atoms with E-state index in [4.69, 9.17) is 9.26 Å². The van der Waals surface area contributed by atoms with E-state index in [2.05, 4.69) is 17.1 Å². The lowest BCUT2D eigenvalue weighted by Gasteiger charge is -2.02. The summed E-state index contributed by atoms with van der Waals surface area (Å²) in [4.78, 5) is 16.1. The van der Waals surface area contributed by atoms with Gasteiger partial charge in [0.05, 0.1) is 5.56 Å². The minimum Gasteiger partial charge on any atom is -0.508 e. The van der Waals surface area contributed by atoms with Gasteiger partial charge in [-0.3, -0.25) is 0 Å². The van der Waals surface area contributed by atoms with Crippen molar-refractivity contribution in [2.45, 2.75) is 20.0 Å². The number of carbonyl (C=O) groups excluding carboxylic acids is 1. The van der Waals surface area contributed by atoms with Crippen LogP contribution in [-0.4, -0.2) is 21.2 Å². The van der Waals surface area contributed by atoms with Gasteiger partial charge in [-0.05, 0) is 30.2 Å². The number of phenols is 1. The molecule has 6 nitrogen and oxygen atoms in total. The first kappa shape index (κ1) is 15.7. The zero-order valence-electron chi connectivity index (χ0n) is 13.1. The SMILES string of the molecule is CCc1ccc(-c2noc(COC(=O)c3cccc(O)c3)n2)cc1. The van der Waals surface area contributed by atoms with E-state index < -0.39 is 5.97 Å². The number of benzene rings is 2. The van der Waals surface area contributed by atoms with Gasteiger partial charge in [-0.2, -0.15) is 4.98 Å². The molecular formula is C18H16N2O4. The Morgan fingerprint density at radius 3 is 2.71 bits per heavy atom. The number of hydrogen-bond donors (Lipinski definition) is 1. The highest BCUT2D eigenvalue weighted by Crippen LogP contribution is 2.18. The van der Waals surface area contributed by atoms with E-state index in [0.29, 0.717) is 5.82 Å². The van der Waals surface area contributed by atoms with Gasteiger partial charge in [0.2, 0.25) is 5.82 Å². The lowest BCUT2D eigenvalue weighted by molar-refractivity contribution is 0.0429. The second-order valence-electron chi connectivity index (χ2n) is 5.19. The number of aryl methyl sites for hydroxylation is 1. The minimum absolute atomic E-state index is 0.0000488. The fraction of sp³-hybridized carbons (Fsp3) is 0.167. The van der Waals surface area contributed by atoms with Gasteiger partial charge in [0.1, 0.15) is 5.75 Å². The molecule has 0 unspecified atom stereocenters. The molecule has 0 aliphatic heterocycles. The molecule has 122 valence electrons. The van der Waals surface area contributed by atoms with E-state index in [1.54, 1.807) is 12.1 Å². The van der Waals surface area contributed by atoms with Crippen molar-refractivity contribution in [3.63, 3.8) is 0 Å². The van der Waals surface area contributed by atoms with Crippen LogP contribution in [0.4, 0.5) is 0 Å². The summed E-state index contributed by atoms with van der Waals surface area (Å²) in [7, 11) is 0.